The molecule has 5 nitrogen and oxygen atoms in total. The fourth-order valence-electron chi connectivity index (χ4n) is 2.26. The molecule has 0 aliphatic heterocycles. The topological polar surface area (TPSA) is 84.6 Å². The van der Waals surface area contributed by atoms with Crippen LogP contribution in [0.5, 0.6) is 5.75 Å². The molecule has 0 aliphatic rings. The van der Waals surface area contributed by atoms with E-state index < -0.39 is 5.41 Å². The zero-order valence-electron chi connectivity index (χ0n) is 13.3. The smallest absolute Gasteiger partial charge is 0.227 e. The molecule has 1 aromatic carbocycles. The fourth-order valence-corrected chi connectivity index (χ4v) is 2.26. The summed E-state index contributed by atoms with van der Waals surface area (Å²) in [6.45, 7) is 4.89. The van der Waals surface area contributed by atoms with Gasteiger partial charge in [-0.15, -0.1) is 12.4 Å². The third-order valence-electron chi connectivity index (χ3n) is 3.99. The van der Waals surface area contributed by atoms with Gasteiger partial charge in [0.05, 0.1) is 12.0 Å². The first-order valence-electron chi connectivity index (χ1n) is 7.43. The molecule has 0 radical (unpaired) electrons. The number of carbonyl (C=O) groups excluding carboxylic acids is 1. The second kappa shape index (κ2) is 10.4. The van der Waals surface area contributed by atoms with Crippen molar-refractivity contribution < 1.29 is 14.6 Å². The molecule has 4 N–H and O–H groups in total. The molecule has 22 heavy (non-hydrogen) atoms. The number of aliphatic hydroxyl groups excluding tert-OH is 1. The van der Waals surface area contributed by atoms with Crippen molar-refractivity contribution >= 4 is 18.3 Å². The Kier molecular flexibility index (Phi) is 9.81. The number of ether oxygens (including phenoxy) is 1. The molecular formula is C16H27ClN2O3. The van der Waals surface area contributed by atoms with Crippen molar-refractivity contribution in [1.82, 2.24) is 5.32 Å². The number of hydrogen-bond donors (Lipinski definition) is 3. The van der Waals surface area contributed by atoms with Crippen LogP contribution in [-0.4, -0.2) is 30.8 Å². The standard InChI is InChI=1S/C16H26N2O3.ClH/c1-3-16(4-2,12-17)15(20)18-11-13-7-5-6-8-14(13)21-10-9-19;/h5-8,19H,3-4,9-12,17H2,1-2H3,(H,18,20);1H. The van der Waals surface area contributed by atoms with E-state index in [1.807, 2.05) is 38.1 Å². The Hall–Kier alpha value is -1.30. The van der Waals surface area contributed by atoms with Gasteiger partial charge in [-0.05, 0) is 18.9 Å². The lowest BCUT2D eigenvalue weighted by atomic mass is 9.81. The fraction of sp³-hybridized carbons (Fsp3) is 0.562. The molecule has 0 aromatic heterocycles. The van der Waals surface area contributed by atoms with Crippen molar-refractivity contribution in [2.75, 3.05) is 19.8 Å². The van der Waals surface area contributed by atoms with Gasteiger partial charge < -0.3 is 20.9 Å². The Balaban J connectivity index is 0.00000441. The van der Waals surface area contributed by atoms with Crippen LogP contribution in [0.25, 0.3) is 0 Å². The van der Waals surface area contributed by atoms with Crippen molar-refractivity contribution in [3.8, 4) is 5.75 Å². The number of carbonyl (C=O) groups is 1. The monoisotopic (exact) mass is 330 g/mol. The van der Waals surface area contributed by atoms with Crippen LogP contribution < -0.4 is 15.8 Å². The lowest BCUT2D eigenvalue weighted by Crippen LogP contribution is -2.45. The summed E-state index contributed by atoms with van der Waals surface area (Å²) in [5.74, 6) is 0.658. The van der Waals surface area contributed by atoms with E-state index in [2.05, 4.69) is 5.32 Å². The predicted octanol–water partition coefficient (Wildman–Crippen LogP) is 1.86. The molecule has 0 bridgehead atoms. The quantitative estimate of drug-likeness (QED) is 0.645. The van der Waals surface area contributed by atoms with Gasteiger partial charge in [0.2, 0.25) is 5.91 Å². The average molecular weight is 331 g/mol. The van der Waals surface area contributed by atoms with Gasteiger partial charge in [-0.2, -0.15) is 0 Å². The van der Waals surface area contributed by atoms with E-state index in [4.69, 9.17) is 15.6 Å². The number of rotatable bonds is 9. The summed E-state index contributed by atoms with van der Waals surface area (Å²) in [5.41, 5.74) is 6.17. The van der Waals surface area contributed by atoms with E-state index in [0.717, 1.165) is 5.56 Å². The first-order valence-corrected chi connectivity index (χ1v) is 7.43. The molecule has 0 aliphatic carbocycles. The van der Waals surface area contributed by atoms with E-state index in [1.54, 1.807) is 0 Å². The van der Waals surface area contributed by atoms with Gasteiger partial charge in [0.25, 0.3) is 0 Å². The first kappa shape index (κ1) is 20.7. The van der Waals surface area contributed by atoms with Crippen molar-refractivity contribution in [3.05, 3.63) is 29.8 Å². The van der Waals surface area contributed by atoms with Gasteiger partial charge in [-0.25, -0.2) is 0 Å². The highest BCUT2D eigenvalue weighted by molar-refractivity contribution is 5.85. The maximum absolute atomic E-state index is 12.4. The minimum Gasteiger partial charge on any atom is -0.491 e. The minimum absolute atomic E-state index is 0. The molecule has 0 atom stereocenters. The lowest BCUT2D eigenvalue weighted by molar-refractivity contribution is -0.131. The van der Waals surface area contributed by atoms with Crippen molar-refractivity contribution in [1.29, 1.82) is 0 Å². The summed E-state index contributed by atoms with van der Waals surface area (Å²) >= 11 is 0. The largest absolute Gasteiger partial charge is 0.491 e. The predicted molar refractivity (Wildman–Crippen MR) is 90.2 cm³/mol. The second-order valence-corrected chi connectivity index (χ2v) is 5.05. The zero-order valence-corrected chi connectivity index (χ0v) is 14.1. The van der Waals surface area contributed by atoms with Gasteiger partial charge in [0.1, 0.15) is 12.4 Å². The van der Waals surface area contributed by atoms with E-state index in [-0.39, 0.29) is 31.5 Å². The van der Waals surface area contributed by atoms with Gasteiger partial charge in [-0.3, -0.25) is 4.79 Å². The normalized spacial score (nSPS) is 10.7. The van der Waals surface area contributed by atoms with E-state index in [0.29, 0.717) is 31.7 Å². The number of nitrogens with one attached hydrogen (secondary N) is 1. The molecule has 1 amide bonds. The SMILES string of the molecule is CCC(CC)(CN)C(=O)NCc1ccccc1OCCO.Cl. The van der Waals surface area contributed by atoms with Crippen LogP contribution in [-0.2, 0) is 11.3 Å². The summed E-state index contributed by atoms with van der Waals surface area (Å²) < 4.78 is 5.46. The maximum atomic E-state index is 12.4. The molecule has 1 aromatic rings. The summed E-state index contributed by atoms with van der Waals surface area (Å²) in [6, 6.07) is 7.48. The average Bonchev–Trinajstić information content (AvgIpc) is 2.53. The Morgan fingerprint density at radius 2 is 1.95 bits per heavy atom. The Labute approximate surface area is 138 Å². The number of amides is 1. The molecule has 0 unspecified atom stereocenters. The van der Waals surface area contributed by atoms with E-state index >= 15 is 0 Å². The summed E-state index contributed by atoms with van der Waals surface area (Å²) in [5, 5.41) is 11.8. The number of nitrogens with two attached hydrogens (primary N) is 1. The van der Waals surface area contributed by atoms with Crippen LogP contribution in [0.15, 0.2) is 24.3 Å². The maximum Gasteiger partial charge on any atom is 0.227 e. The van der Waals surface area contributed by atoms with Crippen LogP contribution in [0.2, 0.25) is 0 Å². The van der Waals surface area contributed by atoms with Crippen LogP contribution in [0.4, 0.5) is 0 Å². The summed E-state index contributed by atoms with van der Waals surface area (Å²) in [7, 11) is 0. The highest BCUT2D eigenvalue weighted by atomic mass is 35.5. The minimum atomic E-state index is -0.499. The van der Waals surface area contributed by atoms with Gasteiger partial charge in [0, 0.05) is 18.7 Å². The highest BCUT2D eigenvalue weighted by Crippen LogP contribution is 2.25. The number of halogens is 1. The molecular weight excluding hydrogens is 304 g/mol. The second-order valence-electron chi connectivity index (χ2n) is 5.05. The van der Waals surface area contributed by atoms with E-state index in [1.165, 1.54) is 0 Å². The molecule has 1 rings (SSSR count). The Morgan fingerprint density at radius 3 is 2.50 bits per heavy atom. The van der Waals surface area contributed by atoms with Crippen molar-refractivity contribution in [2.24, 2.45) is 11.1 Å². The summed E-state index contributed by atoms with van der Waals surface area (Å²) in [6.07, 6.45) is 1.43. The molecule has 126 valence electrons. The van der Waals surface area contributed by atoms with Crippen LogP contribution in [0.3, 0.4) is 0 Å². The van der Waals surface area contributed by atoms with Gasteiger partial charge >= 0.3 is 0 Å². The molecule has 6 heteroatoms. The lowest BCUT2D eigenvalue weighted by Gasteiger charge is -2.28. The molecule has 0 saturated carbocycles. The number of para-hydroxylation sites is 1. The number of benzene rings is 1. The zero-order chi connectivity index (χ0) is 15.7. The van der Waals surface area contributed by atoms with Gasteiger partial charge in [0.15, 0.2) is 0 Å². The highest BCUT2D eigenvalue weighted by Gasteiger charge is 2.33. The summed E-state index contributed by atoms with van der Waals surface area (Å²) in [4.78, 5) is 12.4. The molecule has 0 spiro atoms. The molecule has 0 saturated heterocycles. The number of aliphatic hydroxyl groups is 1. The van der Waals surface area contributed by atoms with Crippen molar-refractivity contribution in [2.45, 2.75) is 33.2 Å². The molecule has 0 fully saturated rings. The van der Waals surface area contributed by atoms with Crippen LogP contribution >= 0.6 is 12.4 Å². The first-order chi connectivity index (χ1) is 10.1. The van der Waals surface area contributed by atoms with Crippen molar-refractivity contribution in [3.63, 3.8) is 0 Å². The molecule has 0 heterocycles. The van der Waals surface area contributed by atoms with Crippen LogP contribution in [0.1, 0.15) is 32.3 Å². The van der Waals surface area contributed by atoms with E-state index in [9.17, 15) is 4.79 Å². The van der Waals surface area contributed by atoms with Gasteiger partial charge in [-0.1, -0.05) is 32.0 Å². The van der Waals surface area contributed by atoms with Crippen LogP contribution in [0, 0.1) is 5.41 Å². The number of hydrogen-bond acceptors (Lipinski definition) is 4. The Bertz CT molecular complexity index is 443. The third kappa shape index (κ3) is 5.16. The third-order valence-corrected chi connectivity index (χ3v) is 3.99. The Morgan fingerprint density at radius 1 is 1.32 bits per heavy atom.